The molecule has 1 nitrogen and oxygen atoms in total. The maximum atomic E-state index is 6.11. The fourth-order valence-corrected chi connectivity index (χ4v) is 3.22. The summed E-state index contributed by atoms with van der Waals surface area (Å²) in [7, 11) is 0. The highest BCUT2D eigenvalue weighted by Gasteiger charge is 2.34. The molecule has 14 heavy (non-hydrogen) atoms. The van der Waals surface area contributed by atoms with E-state index < -0.39 is 0 Å². The molecule has 0 amide bonds. The second-order valence-electron chi connectivity index (χ2n) is 5.55. The van der Waals surface area contributed by atoms with Gasteiger partial charge >= 0.3 is 0 Å². The lowest BCUT2D eigenvalue weighted by molar-refractivity contribution is -0.0241. The molecule has 0 radical (unpaired) electrons. The summed E-state index contributed by atoms with van der Waals surface area (Å²) in [5.74, 6) is 0.830. The molecular weight excluding hydrogens is 196 g/mol. The van der Waals surface area contributed by atoms with Gasteiger partial charge in [-0.05, 0) is 58.3 Å². The van der Waals surface area contributed by atoms with Gasteiger partial charge in [0.2, 0.25) is 0 Å². The van der Waals surface area contributed by atoms with Crippen molar-refractivity contribution in [3.8, 4) is 0 Å². The van der Waals surface area contributed by atoms with E-state index in [4.69, 9.17) is 16.3 Å². The standard InChI is InChI=1S/C12H21ClO/c1-12(2)6-5-11(14-12)8-9-3-4-10(13)7-9/h9-11H,3-8H2,1-2H3. The molecule has 2 fully saturated rings. The normalized spacial score (nSPS) is 41.8. The molecule has 0 N–H and O–H groups in total. The van der Waals surface area contributed by atoms with Gasteiger partial charge in [-0.1, -0.05) is 0 Å². The molecule has 0 aromatic rings. The zero-order chi connectivity index (χ0) is 10.2. The first-order chi connectivity index (χ1) is 6.55. The number of ether oxygens (including phenoxy) is 1. The number of hydrogen-bond acceptors (Lipinski definition) is 1. The van der Waals surface area contributed by atoms with E-state index in [1.807, 2.05) is 0 Å². The van der Waals surface area contributed by atoms with Crippen LogP contribution in [-0.2, 0) is 4.74 Å². The van der Waals surface area contributed by atoms with E-state index in [0.717, 1.165) is 5.92 Å². The Labute approximate surface area is 92.2 Å². The molecule has 0 aromatic carbocycles. The summed E-state index contributed by atoms with van der Waals surface area (Å²) in [5, 5.41) is 0.439. The van der Waals surface area contributed by atoms with Gasteiger partial charge in [0.1, 0.15) is 0 Å². The van der Waals surface area contributed by atoms with Crippen LogP contribution in [0, 0.1) is 5.92 Å². The first-order valence-electron chi connectivity index (χ1n) is 5.87. The van der Waals surface area contributed by atoms with Crippen LogP contribution in [0.15, 0.2) is 0 Å². The summed E-state index contributed by atoms with van der Waals surface area (Å²) in [6.07, 6.45) is 7.95. The third kappa shape index (κ3) is 2.64. The molecule has 0 spiro atoms. The molecule has 2 aliphatic rings. The Balaban J connectivity index is 1.76. The Hall–Kier alpha value is 0.250. The number of rotatable bonds is 2. The van der Waals surface area contributed by atoms with E-state index >= 15 is 0 Å². The van der Waals surface area contributed by atoms with Crippen LogP contribution in [0.2, 0.25) is 0 Å². The summed E-state index contributed by atoms with van der Waals surface area (Å²) < 4.78 is 6.00. The molecule has 0 bridgehead atoms. The van der Waals surface area contributed by atoms with Gasteiger partial charge in [0.25, 0.3) is 0 Å². The van der Waals surface area contributed by atoms with Crippen molar-refractivity contribution in [2.45, 2.75) is 69.5 Å². The maximum absolute atomic E-state index is 6.11. The minimum Gasteiger partial charge on any atom is -0.372 e. The van der Waals surface area contributed by atoms with E-state index in [1.54, 1.807) is 0 Å². The minimum atomic E-state index is 0.129. The molecule has 1 heterocycles. The van der Waals surface area contributed by atoms with Crippen LogP contribution in [0.5, 0.6) is 0 Å². The first kappa shape index (κ1) is 10.8. The van der Waals surface area contributed by atoms with Gasteiger partial charge in [-0.15, -0.1) is 11.6 Å². The molecule has 1 saturated heterocycles. The van der Waals surface area contributed by atoms with Crippen molar-refractivity contribution in [3.63, 3.8) is 0 Å². The summed E-state index contributed by atoms with van der Waals surface area (Å²) in [5.41, 5.74) is 0.129. The lowest BCUT2D eigenvalue weighted by atomic mass is 9.97. The molecule has 82 valence electrons. The van der Waals surface area contributed by atoms with Crippen LogP contribution in [0.1, 0.15) is 52.4 Å². The number of hydrogen-bond donors (Lipinski definition) is 0. The highest BCUT2D eigenvalue weighted by atomic mass is 35.5. The molecule has 1 aliphatic heterocycles. The quantitative estimate of drug-likeness (QED) is 0.639. The minimum absolute atomic E-state index is 0.129. The maximum Gasteiger partial charge on any atom is 0.0631 e. The van der Waals surface area contributed by atoms with E-state index in [1.165, 1.54) is 38.5 Å². The molecule has 2 rings (SSSR count). The van der Waals surface area contributed by atoms with E-state index in [-0.39, 0.29) is 5.60 Å². The molecule has 2 heteroatoms. The topological polar surface area (TPSA) is 9.23 Å². The van der Waals surface area contributed by atoms with Crippen molar-refractivity contribution in [1.82, 2.24) is 0 Å². The van der Waals surface area contributed by atoms with Crippen molar-refractivity contribution in [1.29, 1.82) is 0 Å². The summed E-state index contributed by atoms with van der Waals surface area (Å²) in [4.78, 5) is 0. The first-order valence-corrected chi connectivity index (χ1v) is 6.31. The average molecular weight is 217 g/mol. The number of halogens is 1. The predicted molar refractivity (Wildman–Crippen MR) is 59.8 cm³/mol. The third-order valence-electron chi connectivity index (χ3n) is 3.63. The highest BCUT2D eigenvalue weighted by molar-refractivity contribution is 6.20. The van der Waals surface area contributed by atoms with Crippen LogP contribution < -0.4 is 0 Å². The summed E-state index contributed by atoms with van der Waals surface area (Å²) in [6, 6.07) is 0. The van der Waals surface area contributed by atoms with Crippen molar-refractivity contribution < 1.29 is 4.74 Å². The Kier molecular flexibility index (Phi) is 3.09. The molecule has 3 unspecified atom stereocenters. The second kappa shape index (κ2) is 4.02. The van der Waals surface area contributed by atoms with Crippen LogP contribution in [-0.4, -0.2) is 17.1 Å². The SMILES string of the molecule is CC1(C)CCC(CC2CCC(Cl)C2)O1. The van der Waals surface area contributed by atoms with Gasteiger partial charge in [0.15, 0.2) is 0 Å². The monoisotopic (exact) mass is 216 g/mol. The average Bonchev–Trinajstić information content (AvgIpc) is 2.59. The van der Waals surface area contributed by atoms with E-state index in [9.17, 15) is 0 Å². The fourth-order valence-electron chi connectivity index (χ4n) is 2.84. The van der Waals surface area contributed by atoms with E-state index in [2.05, 4.69) is 13.8 Å². The second-order valence-corrected chi connectivity index (χ2v) is 6.17. The van der Waals surface area contributed by atoms with Gasteiger partial charge in [-0.25, -0.2) is 0 Å². The Bertz CT molecular complexity index is 202. The molecule has 0 aromatic heterocycles. The van der Waals surface area contributed by atoms with Crippen molar-refractivity contribution >= 4 is 11.6 Å². The third-order valence-corrected chi connectivity index (χ3v) is 4.02. The molecule has 1 aliphatic carbocycles. The largest absolute Gasteiger partial charge is 0.372 e. The summed E-state index contributed by atoms with van der Waals surface area (Å²) >= 11 is 6.11. The Morgan fingerprint density at radius 2 is 2.07 bits per heavy atom. The van der Waals surface area contributed by atoms with Gasteiger partial charge in [-0.2, -0.15) is 0 Å². The smallest absolute Gasteiger partial charge is 0.0631 e. The highest BCUT2D eigenvalue weighted by Crippen LogP contribution is 2.38. The van der Waals surface area contributed by atoms with Crippen LogP contribution in [0.4, 0.5) is 0 Å². The van der Waals surface area contributed by atoms with Crippen LogP contribution >= 0.6 is 11.6 Å². The van der Waals surface area contributed by atoms with Crippen LogP contribution in [0.3, 0.4) is 0 Å². The number of alkyl halides is 1. The molecular formula is C12H21ClO. The van der Waals surface area contributed by atoms with Gasteiger partial charge in [-0.3, -0.25) is 0 Å². The van der Waals surface area contributed by atoms with Crippen molar-refractivity contribution in [2.24, 2.45) is 5.92 Å². The van der Waals surface area contributed by atoms with Gasteiger partial charge in [0.05, 0.1) is 11.7 Å². The lowest BCUT2D eigenvalue weighted by Gasteiger charge is -2.21. The Morgan fingerprint density at radius 1 is 1.29 bits per heavy atom. The van der Waals surface area contributed by atoms with Crippen molar-refractivity contribution in [3.05, 3.63) is 0 Å². The lowest BCUT2D eigenvalue weighted by Crippen LogP contribution is -2.21. The Morgan fingerprint density at radius 3 is 2.57 bits per heavy atom. The van der Waals surface area contributed by atoms with Crippen LogP contribution in [0.25, 0.3) is 0 Å². The van der Waals surface area contributed by atoms with E-state index in [0.29, 0.717) is 11.5 Å². The zero-order valence-electron chi connectivity index (χ0n) is 9.26. The fraction of sp³-hybridized carbons (Fsp3) is 1.00. The molecule has 1 saturated carbocycles. The van der Waals surface area contributed by atoms with Crippen molar-refractivity contribution in [2.75, 3.05) is 0 Å². The summed E-state index contributed by atoms with van der Waals surface area (Å²) in [6.45, 7) is 4.40. The zero-order valence-corrected chi connectivity index (χ0v) is 10.0. The van der Waals surface area contributed by atoms with Gasteiger partial charge < -0.3 is 4.74 Å². The molecule has 3 atom stereocenters. The van der Waals surface area contributed by atoms with Gasteiger partial charge in [0, 0.05) is 5.38 Å². The predicted octanol–water partition coefficient (Wildman–Crippen LogP) is 3.74.